The third kappa shape index (κ3) is 1.67. The lowest BCUT2D eigenvalue weighted by Gasteiger charge is -2.57. The molecular formula is C20H28O2. The van der Waals surface area contributed by atoms with Crippen LogP contribution in [0.4, 0.5) is 0 Å². The van der Waals surface area contributed by atoms with Gasteiger partial charge in [-0.25, -0.2) is 0 Å². The van der Waals surface area contributed by atoms with Crippen LogP contribution in [0.5, 0.6) is 0 Å². The maximum absolute atomic E-state index is 12.4. The molecule has 0 saturated heterocycles. The lowest BCUT2D eigenvalue weighted by molar-refractivity contribution is -0.132. The molecule has 2 heteroatoms. The molecule has 0 aromatic heterocycles. The maximum Gasteiger partial charge on any atom is 0.158 e. The van der Waals surface area contributed by atoms with Crippen LogP contribution in [-0.4, -0.2) is 11.6 Å². The summed E-state index contributed by atoms with van der Waals surface area (Å²) in [5.41, 5.74) is 2.74. The van der Waals surface area contributed by atoms with E-state index in [4.69, 9.17) is 0 Å². The Hall–Kier alpha value is -0.920. The summed E-state index contributed by atoms with van der Waals surface area (Å²) in [4.78, 5) is 24.5. The highest BCUT2D eigenvalue weighted by molar-refractivity contribution is 5.96. The summed E-state index contributed by atoms with van der Waals surface area (Å²) in [6, 6.07) is 0. The molecule has 3 unspecified atom stereocenters. The number of fused-ring (bicyclic) bond motifs is 5. The van der Waals surface area contributed by atoms with E-state index in [9.17, 15) is 9.59 Å². The fraction of sp³-hybridized carbons (Fsp3) is 0.800. The van der Waals surface area contributed by atoms with Gasteiger partial charge in [0.1, 0.15) is 5.78 Å². The van der Waals surface area contributed by atoms with Crippen molar-refractivity contribution in [3.63, 3.8) is 0 Å². The molecule has 3 saturated carbocycles. The zero-order valence-corrected chi connectivity index (χ0v) is 14.2. The molecular weight excluding hydrogens is 272 g/mol. The van der Waals surface area contributed by atoms with Crippen molar-refractivity contribution in [2.75, 3.05) is 0 Å². The Morgan fingerprint density at radius 2 is 1.59 bits per heavy atom. The number of rotatable bonds is 0. The molecule has 0 aromatic rings. The van der Waals surface area contributed by atoms with E-state index < -0.39 is 0 Å². The van der Waals surface area contributed by atoms with E-state index in [0.717, 1.165) is 44.1 Å². The van der Waals surface area contributed by atoms with Crippen molar-refractivity contribution in [3.8, 4) is 0 Å². The maximum atomic E-state index is 12.4. The van der Waals surface area contributed by atoms with Crippen LogP contribution in [0.2, 0.25) is 0 Å². The van der Waals surface area contributed by atoms with Crippen LogP contribution in [0.3, 0.4) is 0 Å². The molecule has 0 amide bonds. The monoisotopic (exact) mass is 300 g/mol. The first-order valence-electron chi connectivity index (χ1n) is 9.14. The van der Waals surface area contributed by atoms with Gasteiger partial charge in [0.25, 0.3) is 0 Å². The van der Waals surface area contributed by atoms with Gasteiger partial charge < -0.3 is 0 Å². The lowest BCUT2D eigenvalue weighted by Crippen LogP contribution is -2.51. The zero-order valence-electron chi connectivity index (χ0n) is 14.2. The first-order valence-corrected chi connectivity index (χ1v) is 9.14. The fourth-order valence-corrected chi connectivity index (χ4v) is 6.75. The standard InChI is InChI=1S/C20H28O2/c1-12-14-5-4-13-15-6-7-18(22)20(15,3)10-8-16(13)19(14,2)11-9-17(12)21/h13,15-16H,4-11H2,1-3H3/t13?,15?,16?,19-,20+/m1/s1. The third-order valence-electron chi connectivity index (χ3n) is 8.12. The summed E-state index contributed by atoms with van der Waals surface area (Å²) in [5.74, 6) is 2.92. The van der Waals surface area contributed by atoms with E-state index >= 15 is 0 Å². The Labute approximate surface area is 133 Å². The van der Waals surface area contributed by atoms with Gasteiger partial charge in [-0.2, -0.15) is 0 Å². The Balaban J connectivity index is 1.73. The Morgan fingerprint density at radius 3 is 2.36 bits per heavy atom. The van der Waals surface area contributed by atoms with Crippen LogP contribution < -0.4 is 0 Å². The smallest absolute Gasteiger partial charge is 0.158 e. The van der Waals surface area contributed by atoms with E-state index in [1.807, 2.05) is 0 Å². The highest BCUT2D eigenvalue weighted by Crippen LogP contribution is 2.64. The highest BCUT2D eigenvalue weighted by Gasteiger charge is 2.59. The minimum Gasteiger partial charge on any atom is -0.299 e. The minimum absolute atomic E-state index is 0.0295. The molecule has 4 aliphatic carbocycles. The second-order valence-corrected chi connectivity index (χ2v) is 8.78. The summed E-state index contributed by atoms with van der Waals surface area (Å²) < 4.78 is 0. The molecule has 120 valence electrons. The van der Waals surface area contributed by atoms with Gasteiger partial charge in [-0.1, -0.05) is 19.4 Å². The first-order chi connectivity index (χ1) is 10.4. The van der Waals surface area contributed by atoms with Gasteiger partial charge in [0, 0.05) is 18.3 Å². The average molecular weight is 300 g/mol. The number of Topliss-reactive ketones (excluding diaryl/α,β-unsaturated/α-hetero) is 2. The van der Waals surface area contributed by atoms with Crippen LogP contribution in [0, 0.1) is 28.6 Å². The number of hydrogen-bond acceptors (Lipinski definition) is 2. The molecule has 0 N–H and O–H groups in total. The van der Waals surface area contributed by atoms with E-state index in [1.165, 1.54) is 18.4 Å². The van der Waals surface area contributed by atoms with Crippen LogP contribution in [0.1, 0.15) is 72.1 Å². The average Bonchev–Trinajstić information content (AvgIpc) is 2.79. The molecule has 0 spiro atoms. The van der Waals surface area contributed by atoms with Gasteiger partial charge in [0.2, 0.25) is 0 Å². The molecule has 4 rings (SSSR count). The fourth-order valence-electron chi connectivity index (χ4n) is 6.75. The summed E-state index contributed by atoms with van der Waals surface area (Å²) in [5, 5.41) is 0. The van der Waals surface area contributed by atoms with Crippen LogP contribution in [0.15, 0.2) is 11.1 Å². The highest BCUT2D eigenvalue weighted by atomic mass is 16.1. The number of hydrogen-bond donors (Lipinski definition) is 0. The van der Waals surface area contributed by atoms with Gasteiger partial charge in [-0.3, -0.25) is 9.59 Å². The molecule has 3 fully saturated rings. The molecule has 0 aromatic carbocycles. The predicted octanol–water partition coefficient (Wildman–Crippen LogP) is 4.48. The van der Waals surface area contributed by atoms with Gasteiger partial charge in [0.15, 0.2) is 5.78 Å². The van der Waals surface area contributed by atoms with E-state index in [-0.39, 0.29) is 10.8 Å². The minimum atomic E-state index is -0.0295. The van der Waals surface area contributed by atoms with Crippen LogP contribution >= 0.6 is 0 Å². The normalized spacial score (nSPS) is 48.0. The van der Waals surface area contributed by atoms with Crippen LogP contribution in [0.25, 0.3) is 0 Å². The van der Waals surface area contributed by atoms with Crippen molar-refractivity contribution in [2.45, 2.75) is 72.1 Å². The van der Waals surface area contributed by atoms with Crippen molar-refractivity contribution in [1.29, 1.82) is 0 Å². The Morgan fingerprint density at radius 1 is 0.864 bits per heavy atom. The summed E-state index contributed by atoms with van der Waals surface area (Å²) in [6.45, 7) is 6.72. The van der Waals surface area contributed by atoms with Gasteiger partial charge in [0.05, 0.1) is 0 Å². The van der Waals surface area contributed by atoms with Gasteiger partial charge >= 0.3 is 0 Å². The molecule has 5 atom stereocenters. The quantitative estimate of drug-likeness (QED) is 0.661. The first kappa shape index (κ1) is 14.7. The van der Waals surface area contributed by atoms with Crippen molar-refractivity contribution in [3.05, 3.63) is 11.1 Å². The molecule has 4 aliphatic rings. The second-order valence-electron chi connectivity index (χ2n) is 8.78. The van der Waals surface area contributed by atoms with Gasteiger partial charge in [-0.05, 0) is 74.2 Å². The van der Waals surface area contributed by atoms with Crippen LogP contribution in [-0.2, 0) is 9.59 Å². The Kier molecular flexibility index (Phi) is 3.03. The van der Waals surface area contributed by atoms with E-state index in [1.54, 1.807) is 0 Å². The number of ketones is 2. The van der Waals surface area contributed by atoms with Crippen molar-refractivity contribution in [2.24, 2.45) is 28.6 Å². The lowest BCUT2D eigenvalue weighted by atomic mass is 9.47. The number of allylic oxidation sites excluding steroid dienone is 1. The summed E-state index contributed by atoms with van der Waals surface area (Å²) in [6.07, 6.45) is 8.25. The topological polar surface area (TPSA) is 34.1 Å². The summed E-state index contributed by atoms with van der Waals surface area (Å²) >= 11 is 0. The van der Waals surface area contributed by atoms with E-state index in [0.29, 0.717) is 29.3 Å². The molecule has 0 radical (unpaired) electrons. The predicted molar refractivity (Wildman–Crippen MR) is 86.3 cm³/mol. The molecule has 22 heavy (non-hydrogen) atoms. The van der Waals surface area contributed by atoms with Crippen molar-refractivity contribution in [1.82, 2.24) is 0 Å². The molecule has 0 bridgehead atoms. The van der Waals surface area contributed by atoms with E-state index in [2.05, 4.69) is 20.8 Å². The van der Waals surface area contributed by atoms with Gasteiger partial charge in [-0.15, -0.1) is 0 Å². The SMILES string of the molecule is CC1=C2CCC3C4CCC(=O)[C@@]4(C)CCC3[C@]2(C)CCC1=O. The van der Waals surface area contributed by atoms with Crippen molar-refractivity contribution >= 4 is 11.6 Å². The summed E-state index contributed by atoms with van der Waals surface area (Å²) in [7, 11) is 0. The number of carbonyl (C=O) groups is 2. The third-order valence-corrected chi connectivity index (χ3v) is 8.12. The molecule has 0 aliphatic heterocycles. The Bertz CT molecular complexity index is 587. The second kappa shape index (κ2) is 4.55. The number of carbonyl (C=O) groups excluding carboxylic acids is 2. The largest absolute Gasteiger partial charge is 0.299 e. The molecule has 2 nitrogen and oxygen atoms in total. The zero-order chi connectivity index (χ0) is 15.7. The molecule has 0 heterocycles. The van der Waals surface area contributed by atoms with Crippen molar-refractivity contribution < 1.29 is 9.59 Å².